The van der Waals surface area contributed by atoms with Crippen LogP contribution >= 0.6 is 11.6 Å². The summed E-state index contributed by atoms with van der Waals surface area (Å²) in [5.74, 6) is 1.39. The monoisotopic (exact) mass is 287 g/mol. The van der Waals surface area contributed by atoms with E-state index in [0.29, 0.717) is 29.7 Å². The molecule has 1 rings (SSSR count). The highest BCUT2D eigenvalue weighted by Gasteiger charge is 2.09. The topological polar surface area (TPSA) is 39.7 Å². The van der Waals surface area contributed by atoms with Gasteiger partial charge in [-0.05, 0) is 31.5 Å². The maximum Gasteiger partial charge on any atom is 0.162 e. The molecule has 19 heavy (non-hydrogen) atoms. The van der Waals surface area contributed by atoms with Crippen molar-refractivity contribution in [1.29, 1.82) is 0 Å². The lowest BCUT2D eigenvalue weighted by molar-refractivity contribution is 0.194. The number of halogens is 1. The van der Waals surface area contributed by atoms with Gasteiger partial charge in [0, 0.05) is 31.4 Å². The Morgan fingerprint density at radius 2 is 2.00 bits per heavy atom. The quantitative estimate of drug-likeness (QED) is 0.709. The molecule has 0 saturated carbocycles. The van der Waals surface area contributed by atoms with E-state index in [-0.39, 0.29) is 0 Å². The Bertz CT molecular complexity index is 385. The molecule has 0 aliphatic carbocycles. The SMILES string of the molecule is CCOc1cc(Cl)c(CNCCCOC)cc1OC. The molecule has 0 heterocycles. The molecule has 1 aromatic rings. The highest BCUT2D eigenvalue weighted by Crippen LogP contribution is 2.33. The third-order valence-electron chi connectivity index (χ3n) is 2.65. The number of benzene rings is 1. The van der Waals surface area contributed by atoms with Crippen molar-refractivity contribution in [3.63, 3.8) is 0 Å². The maximum atomic E-state index is 6.23. The molecular weight excluding hydrogens is 266 g/mol. The summed E-state index contributed by atoms with van der Waals surface area (Å²) in [6, 6.07) is 3.71. The molecule has 0 spiro atoms. The van der Waals surface area contributed by atoms with Crippen LogP contribution in [0.1, 0.15) is 18.9 Å². The largest absolute Gasteiger partial charge is 0.493 e. The first-order valence-electron chi connectivity index (χ1n) is 6.41. The Balaban J connectivity index is 2.62. The van der Waals surface area contributed by atoms with Crippen molar-refractivity contribution in [3.8, 4) is 11.5 Å². The third-order valence-corrected chi connectivity index (χ3v) is 3.00. The molecule has 0 fully saturated rings. The number of methoxy groups -OCH3 is 2. The molecule has 0 aliphatic heterocycles. The van der Waals surface area contributed by atoms with E-state index in [1.165, 1.54) is 0 Å². The van der Waals surface area contributed by atoms with Gasteiger partial charge < -0.3 is 19.5 Å². The molecule has 0 radical (unpaired) electrons. The molecule has 4 nitrogen and oxygen atoms in total. The van der Waals surface area contributed by atoms with Gasteiger partial charge in [-0.15, -0.1) is 0 Å². The van der Waals surface area contributed by atoms with Gasteiger partial charge in [0.05, 0.1) is 13.7 Å². The van der Waals surface area contributed by atoms with E-state index in [1.54, 1.807) is 20.3 Å². The van der Waals surface area contributed by atoms with Gasteiger partial charge in [0.2, 0.25) is 0 Å². The van der Waals surface area contributed by atoms with E-state index in [9.17, 15) is 0 Å². The van der Waals surface area contributed by atoms with Crippen LogP contribution in [0.3, 0.4) is 0 Å². The van der Waals surface area contributed by atoms with Crippen LogP contribution in [-0.2, 0) is 11.3 Å². The second kappa shape index (κ2) is 9.02. The fraction of sp³-hybridized carbons (Fsp3) is 0.571. The van der Waals surface area contributed by atoms with Crippen LogP contribution in [0.2, 0.25) is 5.02 Å². The lowest BCUT2D eigenvalue weighted by Gasteiger charge is -2.13. The second-order valence-corrected chi connectivity index (χ2v) is 4.46. The van der Waals surface area contributed by atoms with Gasteiger partial charge in [0.15, 0.2) is 11.5 Å². The highest BCUT2D eigenvalue weighted by atomic mass is 35.5. The first kappa shape index (κ1) is 16.1. The molecular formula is C14H22ClNO3. The van der Waals surface area contributed by atoms with E-state index in [2.05, 4.69) is 5.32 Å². The normalized spacial score (nSPS) is 10.5. The third kappa shape index (κ3) is 5.27. The molecule has 108 valence electrons. The highest BCUT2D eigenvalue weighted by molar-refractivity contribution is 6.31. The number of nitrogens with one attached hydrogen (secondary N) is 1. The van der Waals surface area contributed by atoms with Crippen molar-refractivity contribution in [1.82, 2.24) is 5.32 Å². The van der Waals surface area contributed by atoms with E-state index < -0.39 is 0 Å². The van der Waals surface area contributed by atoms with Crippen LogP contribution in [0.5, 0.6) is 11.5 Å². The van der Waals surface area contributed by atoms with Crippen molar-refractivity contribution >= 4 is 11.6 Å². The first-order chi connectivity index (χ1) is 9.22. The molecule has 0 bridgehead atoms. The number of ether oxygens (including phenoxy) is 3. The van der Waals surface area contributed by atoms with Crippen LogP contribution in [0.15, 0.2) is 12.1 Å². The number of hydrogen-bond acceptors (Lipinski definition) is 4. The van der Waals surface area contributed by atoms with E-state index >= 15 is 0 Å². The summed E-state index contributed by atoms with van der Waals surface area (Å²) >= 11 is 6.23. The predicted octanol–water partition coefficient (Wildman–Crippen LogP) is 2.87. The van der Waals surface area contributed by atoms with Crippen LogP contribution in [0.25, 0.3) is 0 Å². The fourth-order valence-corrected chi connectivity index (χ4v) is 1.93. The Kier molecular flexibility index (Phi) is 7.63. The summed E-state index contributed by atoms with van der Waals surface area (Å²) < 4.78 is 15.8. The number of rotatable bonds is 9. The van der Waals surface area contributed by atoms with Gasteiger partial charge in [-0.2, -0.15) is 0 Å². The molecule has 0 atom stereocenters. The second-order valence-electron chi connectivity index (χ2n) is 4.05. The molecule has 0 saturated heterocycles. The Labute approximate surface area is 120 Å². The molecule has 0 amide bonds. The fourth-order valence-electron chi connectivity index (χ4n) is 1.71. The van der Waals surface area contributed by atoms with Gasteiger partial charge in [-0.3, -0.25) is 0 Å². The van der Waals surface area contributed by atoms with Crippen molar-refractivity contribution in [2.45, 2.75) is 19.9 Å². The minimum atomic E-state index is 0.585. The van der Waals surface area contributed by atoms with E-state index in [4.69, 9.17) is 25.8 Å². The van der Waals surface area contributed by atoms with Gasteiger partial charge in [-0.25, -0.2) is 0 Å². The smallest absolute Gasteiger partial charge is 0.162 e. The van der Waals surface area contributed by atoms with Gasteiger partial charge >= 0.3 is 0 Å². The zero-order valence-electron chi connectivity index (χ0n) is 11.8. The standard InChI is InChI=1S/C14H22ClNO3/c1-4-19-14-9-12(15)11(8-13(14)18-3)10-16-6-5-7-17-2/h8-9,16H,4-7,10H2,1-3H3. The lowest BCUT2D eigenvalue weighted by Crippen LogP contribution is -2.16. The zero-order chi connectivity index (χ0) is 14.1. The Morgan fingerprint density at radius 3 is 2.63 bits per heavy atom. The summed E-state index contributed by atoms with van der Waals surface area (Å²) in [5.41, 5.74) is 0.999. The summed E-state index contributed by atoms with van der Waals surface area (Å²) in [7, 11) is 3.33. The van der Waals surface area contributed by atoms with Crippen LogP contribution in [-0.4, -0.2) is 34.0 Å². The minimum absolute atomic E-state index is 0.585. The van der Waals surface area contributed by atoms with Crippen LogP contribution < -0.4 is 14.8 Å². The van der Waals surface area contributed by atoms with Gasteiger partial charge in [0.1, 0.15) is 0 Å². The average Bonchev–Trinajstić information content (AvgIpc) is 2.41. The summed E-state index contributed by atoms with van der Waals surface area (Å²) in [4.78, 5) is 0. The molecule has 1 N–H and O–H groups in total. The van der Waals surface area contributed by atoms with Crippen LogP contribution in [0, 0.1) is 0 Å². The average molecular weight is 288 g/mol. The van der Waals surface area contributed by atoms with E-state index in [0.717, 1.165) is 25.1 Å². The lowest BCUT2D eigenvalue weighted by atomic mass is 10.2. The van der Waals surface area contributed by atoms with Crippen molar-refractivity contribution in [3.05, 3.63) is 22.7 Å². The Hall–Kier alpha value is -0.970. The van der Waals surface area contributed by atoms with Crippen molar-refractivity contribution in [2.75, 3.05) is 34.0 Å². The Morgan fingerprint density at radius 1 is 1.21 bits per heavy atom. The summed E-state index contributed by atoms with van der Waals surface area (Å²) in [5, 5.41) is 4.00. The molecule has 1 aromatic carbocycles. The van der Waals surface area contributed by atoms with Crippen molar-refractivity contribution in [2.24, 2.45) is 0 Å². The van der Waals surface area contributed by atoms with Gasteiger partial charge in [-0.1, -0.05) is 11.6 Å². The number of hydrogen-bond donors (Lipinski definition) is 1. The van der Waals surface area contributed by atoms with E-state index in [1.807, 2.05) is 13.0 Å². The molecule has 0 aliphatic rings. The predicted molar refractivity (Wildman–Crippen MR) is 77.4 cm³/mol. The summed E-state index contributed by atoms with van der Waals surface area (Å²) in [6.07, 6.45) is 0.974. The molecule has 5 heteroatoms. The summed E-state index contributed by atoms with van der Waals surface area (Å²) in [6.45, 7) is 4.86. The minimum Gasteiger partial charge on any atom is -0.493 e. The zero-order valence-corrected chi connectivity index (χ0v) is 12.5. The van der Waals surface area contributed by atoms with Crippen LogP contribution in [0.4, 0.5) is 0 Å². The first-order valence-corrected chi connectivity index (χ1v) is 6.79. The van der Waals surface area contributed by atoms with Crippen molar-refractivity contribution < 1.29 is 14.2 Å². The molecule has 0 unspecified atom stereocenters. The van der Waals surface area contributed by atoms with Gasteiger partial charge in [0.25, 0.3) is 0 Å². The maximum absolute atomic E-state index is 6.23. The molecule has 0 aromatic heterocycles.